The number of rotatable bonds is 6. The van der Waals surface area contributed by atoms with Crippen molar-refractivity contribution in [1.29, 1.82) is 0 Å². The number of aryl methyl sites for hydroxylation is 1. The van der Waals surface area contributed by atoms with Crippen LogP contribution in [0.15, 0.2) is 84.0 Å². The number of nitrogens with one attached hydrogen (secondary N) is 1. The van der Waals surface area contributed by atoms with Gasteiger partial charge in [0.15, 0.2) is 0 Å². The number of benzene rings is 3. The van der Waals surface area contributed by atoms with E-state index in [4.69, 9.17) is 0 Å². The van der Waals surface area contributed by atoms with Gasteiger partial charge in [-0.3, -0.25) is 4.79 Å². The van der Waals surface area contributed by atoms with Gasteiger partial charge in [0.05, 0.1) is 17.2 Å². The van der Waals surface area contributed by atoms with Crippen LogP contribution in [0, 0.1) is 19.7 Å². The molecule has 1 aliphatic carbocycles. The number of halogens is 1. The molecule has 4 nitrogen and oxygen atoms in total. The SMILES string of the molecule is Cc1cc(/C=N/NC(=O)CSC2c3ccccc3-c3ccccc32)c(C)n1-c1ccc(F)cc1. The number of hydrogen-bond acceptors (Lipinski definition) is 3. The van der Waals surface area contributed by atoms with Crippen LogP contribution >= 0.6 is 11.8 Å². The highest BCUT2D eigenvalue weighted by molar-refractivity contribution is 8.00. The topological polar surface area (TPSA) is 46.4 Å². The van der Waals surface area contributed by atoms with E-state index < -0.39 is 0 Å². The van der Waals surface area contributed by atoms with Gasteiger partial charge in [0, 0.05) is 22.6 Å². The van der Waals surface area contributed by atoms with Crippen LogP contribution in [0.2, 0.25) is 0 Å². The second-order valence-electron chi connectivity index (χ2n) is 8.30. The van der Waals surface area contributed by atoms with Crippen molar-refractivity contribution in [2.24, 2.45) is 5.10 Å². The maximum absolute atomic E-state index is 13.3. The molecule has 0 saturated carbocycles. The third-order valence-corrected chi connectivity index (χ3v) is 7.38. The molecule has 0 saturated heterocycles. The second kappa shape index (κ2) is 9.31. The predicted octanol–water partition coefficient (Wildman–Crippen LogP) is 6.19. The summed E-state index contributed by atoms with van der Waals surface area (Å²) in [6, 6.07) is 25.1. The minimum atomic E-state index is -0.266. The van der Waals surface area contributed by atoms with Crippen molar-refractivity contribution in [2.75, 3.05) is 5.75 Å². The highest BCUT2D eigenvalue weighted by Gasteiger charge is 2.28. The van der Waals surface area contributed by atoms with Crippen LogP contribution in [-0.4, -0.2) is 22.4 Å². The summed E-state index contributed by atoms with van der Waals surface area (Å²) in [6.07, 6.45) is 1.66. The summed E-state index contributed by atoms with van der Waals surface area (Å²) in [6.45, 7) is 3.96. The Morgan fingerprint density at radius 3 is 2.26 bits per heavy atom. The molecule has 34 heavy (non-hydrogen) atoms. The average molecular weight is 470 g/mol. The van der Waals surface area contributed by atoms with Crippen molar-refractivity contribution in [3.05, 3.63) is 113 Å². The molecule has 0 spiro atoms. The van der Waals surface area contributed by atoms with Gasteiger partial charge in [-0.25, -0.2) is 9.82 Å². The molecule has 0 unspecified atom stereocenters. The molecule has 1 aromatic heterocycles. The van der Waals surface area contributed by atoms with Crippen LogP contribution in [0.5, 0.6) is 0 Å². The van der Waals surface area contributed by atoms with Crippen molar-refractivity contribution in [3.8, 4) is 16.8 Å². The molecular formula is C28H24FN3OS. The zero-order chi connectivity index (χ0) is 23.7. The zero-order valence-electron chi connectivity index (χ0n) is 19.0. The quantitative estimate of drug-likeness (QED) is 0.270. The fourth-order valence-electron chi connectivity index (χ4n) is 4.56. The highest BCUT2D eigenvalue weighted by atomic mass is 32.2. The number of aromatic nitrogens is 1. The van der Waals surface area contributed by atoms with Gasteiger partial charge >= 0.3 is 0 Å². The van der Waals surface area contributed by atoms with Gasteiger partial charge in [-0.1, -0.05) is 48.5 Å². The smallest absolute Gasteiger partial charge is 0.250 e. The van der Waals surface area contributed by atoms with Gasteiger partial charge < -0.3 is 4.57 Å². The first kappa shape index (κ1) is 22.2. The molecule has 1 aliphatic rings. The number of hydrazone groups is 1. The average Bonchev–Trinajstić information content (AvgIpc) is 3.32. The first-order chi connectivity index (χ1) is 16.5. The number of carbonyl (C=O) groups excluding carboxylic acids is 1. The molecule has 1 amide bonds. The van der Waals surface area contributed by atoms with Crippen LogP contribution in [0.1, 0.15) is 33.3 Å². The lowest BCUT2D eigenvalue weighted by Crippen LogP contribution is -2.20. The number of amides is 1. The lowest BCUT2D eigenvalue weighted by molar-refractivity contribution is -0.118. The van der Waals surface area contributed by atoms with Gasteiger partial charge in [0.2, 0.25) is 5.91 Å². The molecule has 0 fully saturated rings. The molecule has 0 atom stereocenters. The van der Waals surface area contributed by atoms with E-state index in [0.29, 0.717) is 5.75 Å². The van der Waals surface area contributed by atoms with Crippen LogP contribution in [0.25, 0.3) is 16.8 Å². The van der Waals surface area contributed by atoms with Crippen LogP contribution < -0.4 is 5.43 Å². The first-order valence-electron chi connectivity index (χ1n) is 11.1. The number of fused-ring (bicyclic) bond motifs is 3. The highest BCUT2D eigenvalue weighted by Crippen LogP contribution is 2.49. The number of nitrogens with zero attached hydrogens (tertiary/aromatic N) is 2. The largest absolute Gasteiger partial charge is 0.318 e. The summed E-state index contributed by atoms with van der Waals surface area (Å²) in [7, 11) is 0. The molecule has 1 N–H and O–H groups in total. The molecule has 1 heterocycles. The Labute approximate surface area is 202 Å². The third kappa shape index (κ3) is 4.17. The summed E-state index contributed by atoms with van der Waals surface area (Å²) >= 11 is 1.61. The molecule has 0 radical (unpaired) electrons. The van der Waals surface area contributed by atoms with Crippen molar-refractivity contribution < 1.29 is 9.18 Å². The van der Waals surface area contributed by atoms with E-state index >= 15 is 0 Å². The summed E-state index contributed by atoms with van der Waals surface area (Å²) < 4.78 is 15.3. The number of hydrogen-bond donors (Lipinski definition) is 1. The third-order valence-electron chi connectivity index (χ3n) is 6.11. The van der Waals surface area contributed by atoms with Gasteiger partial charge in [-0.05, 0) is 66.4 Å². The Bertz CT molecular complexity index is 1350. The Morgan fingerprint density at radius 1 is 1.00 bits per heavy atom. The van der Waals surface area contributed by atoms with Crippen molar-refractivity contribution in [3.63, 3.8) is 0 Å². The lowest BCUT2D eigenvalue weighted by Gasteiger charge is -2.12. The molecule has 3 aromatic carbocycles. The Balaban J connectivity index is 1.24. The molecule has 4 aromatic rings. The Morgan fingerprint density at radius 2 is 1.62 bits per heavy atom. The summed E-state index contributed by atoms with van der Waals surface area (Å²) in [5.74, 6) is -0.104. The molecule has 170 valence electrons. The van der Waals surface area contributed by atoms with Crippen LogP contribution in [-0.2, 0) is 4.79 Å². The van der Waals surface area contributed by atoms with Gasteiger partial charge in [0.1, 0.15) is 5.82 Å². The van der Waals surface area contributed by atoms with Crippen molar-refractivity contribution in [1.82, 2.24) is 9.99 Å². The summed E-state index contributed by atoms with van der Waals surface area (Å²) in [5.41, 5.74) is 11.4. The molecule has 0 bridgehead atoms. The van der Waals surface area contributed by atoms with Crippen molar-refractivity contribution >= 4 is 23.9 Å². The van der Waals surface area contributed by atoms with Gasteiger partial charge in [0.25, 0.3) is 0 Å². The minimum absolute atomic E-state index is 0.136. The maximum atomic E-state index is 13.3. The number of carbonyl (C=O) groups is 1. The van der Waals surface area contributed by atoms with Crippen LogP contribution in [0.3, 0.4) is 0 Å². The fourth-order valence-corrected chi connectivity index (χ4v) is 5.71. The van der Waals surface area contributed by atoms with E-state index in [2.05, 4.69) is 46.9 Å². The van der Waals surface area contributed by atoms with Gasteiger partial charge in [-0.15, -0.1) is 11.8 Å². The van der Waals surface area contributed by atoms with E-state index in [1.165, 1.54) is 34.4 Å². The lowest BCUT2D eigenvalue weighted by atomic mass is 10.1. The standard InChI is InChI=1S/C28H24FN3OS/c1-18-15-20(19(2)32(18)22-13-11-21(29)12-14-22)16-30-31-27(33)17-34-28-25-9-5-3-7-23(25)24-8-4-6-10-26(24)28/h3-16,28H,17H2,1-2H3,(H,31,33)/b30-16+. The predicted molar refractivity (Wildman–Crippen MR) is 137 cm³/mol. The zero-order valence-corrected chi connectivity index (χ0v) is 19.8. The molecular weight excluding hydrogens is 445 g/mol. The Hall–Kier alpha value is -3.64. The summed E-state index contributed by atoms with van der Waals surface area (Å²) in [4.78, 5) is 12.5. The van der Waals surface area contributed by atoms with E-state index in [9.17, 15) is 9.18 Å². The maximum Gasteiger partial charge on any atom is 0.250 e. The van der Waals surface area contributed by atoms with E-state index in [1.807, 2.05) is 36.6 Å². The molecule has 5 rings (SSSR count). The number of thioether (sulfide) groups is 1. The molecule has 6 heteroatoms. The normalized spacial score (nSPS) is 12.7. The van der Waals surface area contributed by atoms with Gasteiger partial charge in [-0.2, -0.15) is 5.10 Å². The second-order valence-corrected chi connectivity index (χ2v) is 9.39. The van der Waals surface area contributed by atoms with Crippen molar-refractivity contribution in [2.45, 2.75) is 19.1 Å². The van der Waals surface area contributed by atoms with E-state index in [1.54, 1.807) is 30.1 Å². The first-order valence-corrected chi connectivity index (χ1v) is 12.1. The van der Waals surface area contributed by atoms with Crippen LogP contribution in [0.4, 0.5) is 4.39 Å². The monoisotopic (exact) mass is 469 g/mol. The Kier molecular flexibility index (Phi) is 6.07. The fraction of sp³-hybridized carbons (Fsp3) is 0.143. The summed E-state index contributed by atoms with van der Waals surface area (Å²) in [5, 5.41) is 4.32. The minimum Gasteiger partial charge on any atom is -0.318 e. The van der Waals surface area contributed by atoms with E-state index in [0.717, 1.165) is 22.6 Å². The molecule has 0 aliphatic heterocycles. The van der Waals surface area contributed by atoms with E-state index in [-0.39, 0.29) is 17.0 Å².